The first kappa shape index (κ1) is 17.0. The largest absolute Gasteiger partial charge is 0.441 e. The summed E-state index contributed by atoms with van der Waals surface area (Å²) < 4.78 is 5.56. The quantitative estimate of drug-likeness (QED) is 0.568. The first-order chi connectivity index (χ1) is 13.1. The standard InChI is InChI=1S/C20H18N4O3/c1-2-19-23-15-11-12(7-8-16(15)27-19)21-18(25)10-9-17-22-14-6-4-3-5-13(14)20(26)24-17/h3-8,11H,2,9-10H2,1H3,(H,21,25)(H,22,24,26). The summed E-state index contributed by atoms with van der Waals surface area (Å²) in [6.45, 7) is 1.97. The number of aryl methyl sites for hydroxylation is 2. The molecule has 2 aromatic carbocycles. The first-order valence-electron chi connectivity index (χ1n) is 8.79. The van der Waals surface area contributed by atoms with Crippen LogP contribution in [0.25, 0.3) is 22.0 Å². The highest BCUT2D eigenvalue weighted by molar-refractivity contribution is 5.92. The monoisotopic (exact) mass is 362 g/mol. The number of nitrogens with zero attached hydrogens (tertiary/aromatic N) is 2. The Balaban J connectivity index is 1.44. The van der Waals surface area contributed by atoms with Crippen molar-refractivity contribution in [3.05, 3.63) is 64.5 Å². The van der Waals surface area contributed by atoms with E-state index in [4.69, 9.17) is 4.42 Å². The highest BCUT2D eigenvalue weighted by Gasteiger charge is 2.09. The summed E-state index contributed by atoms with van der Waals surface area (Å²) in [5.74, 6) is 0.998. The van der Waals surface area contributed by atoms with Gasteiger partial charge in [-0.25, -0.2) is 9.97 Å². The molecule has 1 amide bonds. The van der Waals surface area contributed by atoms with Crippen LogP contribution >= 0.6 is 0 Å². The molecule has 2 N–H and O–H groups in total. The Morgan fingerprint density at radius 1 is 1.15 bits per heavy atom. The first-order valence-corrected chi connectivity index (χ1v) is 8.79. The maximum Gasteiger partial charge on any atom is 0.258 e. The summed E-state index contributed by atoms with van der Waals surface area (Å²) in [7, 11) is 0. The van der Waals surface area contributed by atoms with Gasteiger partial charge in [0, 0.05) is 24.9 Å². The SMILES string of the molecule is CCc1nc2cc(NC(=O)CCc3nc4ccccc4c(=O)[nH]3)ccc2o1. The molecule has 7 nitrogen and oxygen atoms in total. The van der Waals surface area contributed by atoms with Crippen molar-refractivity contribution >= 4 is 33.6 Å². The number of carbonyl (C=O) groups is 1. The minimum absolute atomic E-state index is 0.163. The number of fused-ring (bicyclic) bond motifs is 2. The van der Waals surface area contributed by atoms with Gasteiger partial charge in [0.15, 0.2) is 11.5 Å². The average Bonchev–Trinajstić information content (AvgIpc) is 3.09. The predicted molar refractivity (Wildman–Crippen MR) is 103 cm³/mol. The van der Waals surface area contributed by atoms with Crippen molar-refractivity contribution < 1.29 is 9.21 Å². The number of nitrogens with one attached hydrogen (secondary N) is 2. The minimum Gasteiger partial charge on any atom is -0.441 e. The van der Waals surface area contributed by atoms with E-state index in [0.717, 1.165) is 0 Å². The van der Waals surface area contributed by atoms with Crippen LogP contribution in [-0.4, -0.2) is 20.9 Å². The van der Waals surface area contributed by atoms with Crippen molar-refractivity contribution in [3.8, 4) is 0 Å². The van der Waals surface area contributed by atoms with Gasteiger partial charge in [0.25, 0.3) is 5.56 Å². The number of carbonyl (C=O) groups excluding carboxylic acids is 1. The maximum atomic E-state index is 12.3. The van der Waals surface area contributed by atoms with E-state index < -0.39 is 0 Å². The summed E-state index contributed by atoms with van der Waals surface area (Å²) in [4.78, 5) is 35.8. The molecule has 4 aromatic rings. The van der Waals surface area contributed by atoms with Gasteiger partial charge in [-0.05, 0) is 30.3 Å². The lowest BCUT2D eigenvalue weighted by molar-refractivity contribution is -0.116. The van der Waals surface area contributed by atoms with Gasteiger partial charge in [0.1, 0.15) is 11.3 Å². The molecule has 2 heterocycles. The molecule has 136 valence electrons. The zero-order valence-electron chi connectivity index (χ0n) is 14.8. The minimum atomic E-state index is -0.195. The third-order valence-electron chi connectivity index (χ3n) is 4.27. The fourth-order valence-corrected chi connectivity index (χ4v) is 2.91. The van der Waals surface area contributed by atoms with Gasteiger partial charge in [0.05, 0.1) is 10.9 Å². The number of benzene rings is 2. The van der Waals surface area contributed by atoms with Crippen molar-refractivity contribution in [2.45, 2.75) is 26.2 Å². The lowest BCUT2D eigenvalue weighted by Gasteiger charge is -2.05. The van der Waals surface area contributed by atoms with Crippen molar-refractivity contribution in [2.75, 3.05) is 5.32 Å². The Labute approximate surface area is 154 Å². The second-order valence-electron chi connectivity index (χ2n) is 6.22. The molecule has 0 saturated heterocycles. The molecular formula is C20H18N4O3. The van der Waals surface area contributed by atoms with Crippen molar-refractivity contribution in [3.63, 3.8) is 0 Å². The van der Waals surface area contributed by atoms with Crippen LogP contribution in [0, 0.1) is 0 Å². The molecule has 0 fully saturated rings. The summed E-state index contributed by atoms with van der Waals surface area (Å²) in [6.07, 6.45) is 1.27. The van der Waals surface area contributed by atoms with Crippen molar-refractivity contribution in [2.24, 2.45) is 0 Å². The molecule has 7 heteroatoms. The lowest BCUT2D eigenvalue weighted by atomic mass is 10.2. The number of rotatable bonds is 5. The summed E-state index contributed by atoms with van der Waals surface area (Å²) in [5.41, 5.74) is 2.50. The van der Waals surface area contributed by atoms with E-state index in [9.17, 15) is 9.59 Å². The molecule has 0 bridgehead atoms. The zero-order valence-corrected chi connectivity index (χ0v) is 14.8. The molecule has 0 aliphatic heterocycles. The number of aromatic nitrogens is 3. The maximum absolute atomic E-state index is 12.3. The van der Waals surface area contributed by atoms with E-state index in [1.165, 1.54) is 0 Å². The van der Waals surface area contributed by atoms with E-state index in [2.05, 4.69) is 20.3 Å². The van der Waals surface area contributed by atoms with Gasteiger partial charge in [-0.2, -0.15) is 0 Å². The van der Waals surface area contributed by atoms with Gasteiger partial charge in [-0.15, -0.1) is 0 Å². The van der Waals surface area contributed by atoms with Crippen LogP contribution < -0.4 is 10.9 Å². The molecule has 27 heavy (non-hydrogen) atoms. The predicted octanol–water partition coefficient (Wildman–Crippen LogP) is 3.20. The second-order valence-corrected chi connectivity index (χ2v) is 6.22. The second kappa shape index (κ2) is 7.03. The number of H-pyrrole nitrogens is 1. The molecule has 4 rings (SSSR count). The Bertz CT molecular complexity index is 1190. The number of amides is 1. The average molecular weight is 362 g/mol. The summed E-state index contributed by atoms with van der Waals surface area (Å²) in [6, 6.07) is 12.5. The highest BCUT2D eigenvalue weighted by atomic mass is 16.3. The van der Waals surface area contributed by atoms with E-state index in [-0.39, 0.29) is 17.9 Å². The number of hydrogen-bond acceptors (Lipinski definition) is 5. The van der Waals surface area contributed by atoms with E-state index in [0.29, 0.717) is 52.2 Å². The molecule has 0 radical (unpaired) electrons. The van der Waals surface area contributed by atoms with E-state index in [1.54, 1.807) is 36.4 Å². The third kappa shape index (κ3) is 3.57. The van der Waals surface area contributed by atoms with E-state index in [1.807, 2.05) is 13.0 Å². The fraction of sp³-hybridized carbons (Fsp3) is 0.200. The van der Waals surface area contributed by atoms with Gasteiger partial charge in [-0.3, -0.25) is 9.59 Å². The molecule has 0 spiro atoms. The normalized spacial score (nSPS) is 11.1. The molecule has 2 aromatic heterocycles. The Morgan fingerprint density at radius 3 is 2.85 bits per heavy atom. The zero-order chi connectivity index (χ0) is 18.8. The van der Waals surface area contributed by atoms with Crippen LogP contribution in [0.15, 0.2) is 51.7 Å². The molecule has 0 unspecified atom stereocenters. The van der Waals surface area contributed by atoms with Gasteiger partial charge in [0.2, 0.25) is 5.91 Å². The summed E-state index contributed by atoms with van der Waals surface area (Å²) in [5, 5.41) is 3.38. The lowest BCUT2D eigenvalue weighted by Crippen LogP contribution is -2.16. The van der Waals surface area contributed by atoms with Crippen LogP contribution in [0.5, 0.6) is 0 Å². The van der Waals surface area contributed by atoms with Crippen molar-refractivity contribution in [1.29, 1.82) is 0 Å². The topological polar surface area (TPSA) is 101 Å². The Morgan fingerprint density at radius 2 is 2.00 bits per heavy atom. The van der Waals surface area contributed by atoms with Crippen LogP contribution in [0.3, 0.4) is 0 Å². The number of oxazole rings is 1. The highest BCUT2D eigenvalue weighted by Crippen LogP contribution is 2.20. The molecule has 0 saturated carbocycles. The van der Waals surface area contributed by atoms with Crippen molar-refractivity contribution in [1.82, 2.24) is 15.0 Å². The molecule has 0 aliphatic carbocycles. The third-order valence-corrected chi connectivity index (χ3v) is 4.27. The van der Waals surface area contributed by atoms with Gasteiger partial charge < -0.3 is 14.7 Å². The van der Waals surface area contributed by atoms with Crippen LogP contribution in [0.2, 0.25) is 0 Å². The van der Waals surface area contributed by atoms with Gasteiger partial charge >= 0.3 is 0 Å². The Hall–Kier alpha value is -3.48. The van der Waals surface area contributed by atoms with E-state index >= 15 is 0 Å². The molecule has 0 aliphatic rings. The molecular weight excluding hydrogens is 344 g/mol. The number of hydrogen-bond donors (Lipinski definition) is 2. The smallest absolute Gasteiger partial charge is 0.258 e. The fourth-order valence-electron chi connectivity index (χ4n) is 2.91. The number of para-hydroxylation sites is 1. The van der Waals surface area contributed by atoms with Crippen LogP contribution in [0.4, 0.5) is 5.69 Å². The number of aromatic amines is 1. The Kier molecular flexibility index (Phi) is 4.42. The molecule has 0 atom stereocenters. The van der Waals surface area contributed by atoms with Crippen LogP contribution in [-0.2, 0) is 17.6 Å². The van der Waals surface area contributed by atoms with Gasteiger partial charge in [-0.1, -0.05) is 19.1 Å². The summed E-state index contributed by atoms with van der Waals surface area (Å²) >= 11 is 0. The number of anilines is 1. The van der Waals surface area contributed by atoms with Crippen LogP contribution in [0.1, 0.15) is 25.1 Å².